The molecule has 29 heavy (non-hydrogen) atoms. The molecule has 1 atom stereocenters. The number of aromatic nitrogens is 4. The molecule has 5 rings (SSSR count). The standard InChI is InChI=1S/C21H22N4OS3/c1-12-5-4-6-15-16(12)17-18-23-24-21(25(18)20(27-3)22-19(17)29-15)28-11-13-7-9-14(26-2)10-8-13/h7-10,12H,4-6,11H2,1-3H3. The average molecular weight is 443 g/mol. The van der Waals surface area contributed by atoms with Crippen molar-refractivity contribution in [1.29, 1.82) is 0 Å². The van der Waals surface area contributed by atoms with Gasteiger partial charge in [-0.05, 0) is 54.7 Å². The Morgan fingerprint density at radius 1 is 1.21 bits per heavy atom. The van der Waals surface area contributed by atoms with Crippen LogP contribution in [0.4, 0.5) is 0 Å². The molecule has 0 amide bonds. The van der Waals surface area contributed by atoms with Crippen molar-refractivity contribution in [2.24, 2.45) is 0 Å². The first kappa shape index (κ1) is 19.2. The smallest absolute Gasteiger partial charge is 0.198 e. The summed E-state index contributed by atoms with van der Waals surface area (Å²) >= 11 is 5.20. The lowest BCUT2D eigenvalue weighted by molar-refractivity contribution is 0.414. The number of hydrogen-bond donors (Lipinski definition) is 0. The molecule has 0 N–H and O–H groups in total. The summed E-state index contributed by atoms with van der Waals surface area (Å²) in [5, 5.41) is 12.3. The van der Waals surface area contributed by atoms with Crippen LogP contribution in [0.5, 0.6) is 5.75 Å². The monoisotopic (exact) mass is 442 g/mol. The fraction of sp³-hybridized carbons (Fsp3) is 0.381. The van der Waals surface area contributed by atoms with E-state index < -0.39 is 0 Å². The van der Waals surface area contributed by atoms with Gasteiger partial charge in [0.05, 0.1) is 12.5 Å². The summed E-state index contributed by atoms with van der Waals surface area (Å²) in [4.78, 5) is 7.61. The second-order valence-electron chi connectivity index (χ2n) is 7.29. The molecular weight excluding hydrogens is 420 g/mol. The minimum atomic E-state index is 0.560. The summed E-state index contributed by atoms with van der Waals surface area (Å²) in [6.45, 7) is 2.33. The molecule has 5 nitrogen and oxygen atoms in total. The van der Waals surface area contributed by atoms with Crippen LogP contribution in [0, 0.1) is 0 Å². The molecule has 0 saturated heterocycles. The van der Waals surface area contributed by atoms with Crippen LogP contribution in [-0.2, 0) is 12.2 Å². The molecule has 0 aliphatic heterocycles. The molecule has 8 heteroatoms. The van der Waals surface area contributed by atoms with Crippen molar-refractivity contribution in [1.82, 2.24) is 19.6 Å². The second kappa shape index (κ2) is 7.81. The van der Waals surface area contributed by atoms with Crippen LogP contribution < -0.4 is 4.74 Å². The summed E-state index contributed by atoms with van der Waals surface area (Å²) in [7, 11) is 1.69. The predicted molar refractivity (Wildman–Crippen MR) is 122 cm³/mol. The molecule has 0 saturated carbocycles. The van der Waals surface area contributed by atoms with E-state index in [1.165, 1.54) is 34.2 Å². The van der Waals surface area contributed by atoms with Crippen LogP contribution in [0.15, 0.2) is 34.6 Å². The number of fused-ring (bicyclic) bond motifs is 5. The number of aryl methyl sites for hydroxylation is 1. The van der Waals surface area contributed by atoms with Gasteiger partial charge in [-0.3, -0.25) is 0 Å². The molecule has 0 radical (unpaired) electrons. The lowest BCUT2D eigenvalue weighted by atomic mass is 9.87. The van der Waals surface area contributed by atoms with Gasteiger partial charge in [0.15, 0.2) is 16.0 Å². The number of thiophene rings is 1. The van der Waals surface area contributed by atoms with E-state index >= 15 is 0 Å². The first-order chi connectivity index (χ1) is 14.2. The van der Waals surface area contributed by atoms with E-state index in [-0.39, 0.29) is 0 Å². The zero-order chi connectivity index (χ0) is 20.0. The van der Waals surface area contributed by atoms with Crippen molar-refractivity contribution in [3.05, 3.63) is 40.3 Å². The Morgan fingerprint density at radius 3 is 2.79 bits per heavy atom. The van der Waals surface area contributed by atoms with Crippen molar-refractivity contribution < 1.29 is 4.74 Å². The van der Waals surface area contributed by atoms with Crippen LogP contribution in [0.25, 0.3) is 15.9 Å². The molecule has 0 bridgehead atoms. The largest absolute Gasteiger partial charge is 0.497 e. The van der Waals surface area contributed by atoms with Gasteiger partial charge in [0.1, 0.15) is 10.6 Å². The highest BCUT2D eigenvalue weighted by atomic mass is 32.2. The van der Waals surface area contributed by atoms with Gasteiger partial charge in [0, 0.05) is 10.6 Å². The van der Waals surface area contributed by atoms with Crippen LogP contribution in [0.1, 0.15) is 41.7 Å². The molecule has 0 spiro atoms. The number of nitrogens with zero attached hydrogens (tertiary/aromatic N) is 4. The van der Waals surface area contributed by atoms with E-state index in [0.29, 0.717) is 5.92 Å². The minimum absolute atomic E-state index is 0.560. The van der Waals surface area contributed by atoms with Gasteiger partial charge in [-0.2, -0.15) is 0 Å². The van der Waals surface area contributed by atoms with Crippen LogP contribution in [0.2, 0.25) is 0 Å². The molecule has 1 aliphatic carbocycles. The van der Waals surface area contributed by atoms with Gasteiger partial charge in [-0.25, -0.2) is 9.38 Å². The summed E-state index contributed by atoms with van der Waals surface area (Å²) < 4.78 is 7.40. The van der Waals surface area contributed by atoms with Crippen LogP contribution in [-0.4, -0.2) is 32.9 Å². The van der Waals surface area contributed by atoms with Gasteiger partial charge >= 0.3 is 0 Å². The Labute approximate surface area is 182 Å². The Bertz CT molecular complexity index is 1180. The van der Waals surface area contributed by atoms with E-state index in [1.807, 2.05) is 23.5 Å². The third-order valence-electron chi connectivity index (χ3n) is 5.49. The molecule has 3 heterocycles. The average Bonchev–Trinajstić information content (AvgIpc) is 3.33. The summed E-state index contributed by atoms with van der Waals surface area (Å²) in [5.41, 5.74) is 3.65. The number of methoxy groups -OCH3 is 1. The molecule has 3 aromatic heterocycles. The molecule has 1 aliphatic rings. The highest BCUT2D eigenvalue weighted by Gasteiger charge is 2.27. The van der Waals surface area contributed by atoms with Gasteiger partial charge in [0.2, 0.25) is 0 Å². The summed E-state index contributed by atoms with van der Waals surface area (Å²) in [5.74, 6) is 2.26. The van der Waals surface area contributed by atoms with Crippen LogP contribution in [0.3, 0.4) is 0 Å². The van der Waals surface area contributed by atoms with E-state index in [9.17, 15) is 0 Å². The normalized spacial score (nSPS) is 16.4. The fourth-order valence-electron chi connectivity index (χ4n) is 4.03. The van der Waals surface area contributed by atoms with Crippen molar-refractivity contribution in [2.75, 3.05) is 13.4 Å². The zero-order valence-corrected chi connectivity index (χ0v) is 19.1. The molecular formula is C21H22N4OS3. The van der Waals surface area contributed by atoms with Crippen molar-refractivity contribution in [3.8, 4) is 5.75 Å². The maximum atomic E-state index is 5.25. The van der Waals surface area contributed by atoms with Crippen molar-refractivity contribution in [2.45, 2.75) is 48.2 Å². The maximum absolute atomic E-state index is 5.25. The second-order valence-corrected chi connectivity index (χ2v) is 10.1. The van der Waals surface area contributed by atoms with E-state index in [1.54, 1.807) is 30.6 Å². The Morgan fingerprint density at radius 2 is 2.03 bits per heavy atom. The van der Waals surface area contributed by atoms with Gasteiger partial charge in [0.25, 0.3) is 0 Å². The van der Waals surface area contributed by atoms with E-state index in [2.05, 4.69) is 39.9 Å². The van der Waals surface area contributed by atoms with E-state index in [0.717, 1.165) is 38.7 Å². The fourth-order valence-corrected chi connectivity index (χ4v) is 6.90. The molecule has 4 aromatic rings. The maximum Gasteiger partial charge on any atom is 0.198 e. The molecule has 0 fully saturated rings. The van der Waals surface area contributed by atoms with Gasteiger partial charge in [-0.1, -0.05) is 42.6 Å². The third-order valence-corrected chi connectivity index (χ3v) is 8.29. The molecule has 1 aromatic carbocycles. The van der Waals surface area contributed by atoms with Gasteiger partial charge in [-0.15, -0.1) is 21.5 Å². The summed E-state index contributed by atoms with van der Waals surface area (Å²) in [6.07, 6.45) is 5.74. The number of benzene rings is 1. The minimum Gasteiger partial charge on any atom is -0.497 e. The van der Waals surface area contributed by atoms with Crippen molar-refractivity contribution >= 4 is 50.7 Å². The quantitative estimate of drug-likeness (QED) is 0.287. The molecule has 1 unspecified atom stereocenters. The Kier molecular flexibility index (Phi) is 5.17. The Hall–Kier alpha value is -1.77. The number of hydrogen-bond acceptors (Lipinski definition) is 7. The number of ether oxygens (including phenoxy) is 1. The predicted octanol–water partition coefficient (Wildman–Crippen LogP) is 5.80. The van der Waals surface area contributed by atoms with Gasteiger partial charge < -0.3 is 4.74 Å². The van der Waals surface area contributed by atoms with Crippen LogP contribution >= 0.6 is 34.9 Å². The van der Waals surface area contributed by atoms with E-state index in [4.69, 9.17) is 9.72 Å². The Balaban J connectivity index is 1.58. The first-order valence-electron chi connectivity index (χ1n) is 9.69. The lowest BCUT2D eigenvalue weighted by Gasteiger charge is -2.18. The lowest BCUT2D eigenvalue weighted by Crippen LogP contribution is -2.04. The topological polar surface area (TPSA) is 52.3 Å². The zero-order valence-electron chi connectivity index (χ0n) is 16.6. The number of rotatable bonds is 5. The SMILES string of the molecule is COc1ccc(CSc2nnc3c4c5c(sc4nc(SC)n23)CCCC5C)cc1. The highest BCUT2D eigenvalue weighted by Crippen LogP contribution is 2.44. The van der Waals surface area contributed by atoms with Crippen molar-refractivity contribution in [3.63, 3.8) is 0 Å². The first-order valence-corrected chi connectivity index (χ1v) is 12.7. The highest BCUT2D eigenvalue weighted by molar-refractivity contribution is 7.99. The molecule has 150 valence electrons. The number of thioether (sulfide) groups is 2. The third kappa shape index (κ3) is 3.31. The summed E-state index contributed by atoms with van der Waals surface area (Å²) in [6, 6.07) is 8.18.